The van der Waals surface area contributed by atoms with Gasteiger partial charge in [0.1, 0.15) is 21.4 Å². The first-order valence-electron chi connectivity index (χ1n) is 15.0. The maximum atomic E-state index is 13.3. The molecule has 0 saturated heterocycles. The molecular formula is C37H22F3N5O2S2. The van der Waals surface area contributed by atoms with Gasteiger partial charge in [-0.05, 0) is 50.2 Å². The van der Waals surface area contributed by atoms with Gasteiger partial charge in [-0.25, -0.2) is 9.98 Å². The zero-order valence-corrected chi connectivity index (χ0v) is 27.4. The lowest BCUT2D eigenvalue weighted by atomic mass is 10.1. The molecule has 0 aliphatic carbocycles. The van der Waals surface area contributed by atoms with Gasteiger partial charge in [0.05, 0.1) is 17.3 Å². The second-order valence-electron chi connectivity index (χ2n) is 11.6. The van der Waals surface area contributed by atoms with Crippen LogP contribution in [-0.2, 0) is 6.18 Å². The quantitative estimate of drug-likeness (QED) is 0.168. The topological polar surface area (TPSA) is 88.4 Å². The van der Waals surface area contributed by atoms with Gasteiger partial charge in [-0.2, -0.15) is 21.9 Å². The van der Waals surface area contributed by atoms with E-state index in [0.29, 0.717) is 22.7 Å². The van der Waals surface area contributed by atoms with E-state index in [1.165, 1.54) is 0 Å². The Morgan fingerprint density at radius 2 is 1.35 bits per heavy atom. The van der Waals surface area contributed by atoms with Gasteiger partial charge in [0.15, 0.2) is 5.82 Å². The number of fused-ring (bicyclic) bond motifs is 3. The summed E-state index contributed by atoms with van der Waals surface area (Å²) in [5, 5.41) is 2.39. The van der Waals surface area contributed by atoms with Crippen LogP contribution in [0.1, 0.15) is 16.7 Å². The zero-order valence-electron chi connectivity index (χ0n) is 25.7. The van der Waals surface area contributed by atoms with Gasteiger partial charge in [-0.1, -0.05) is 65.7 Å². The van der Waals surface area contributed by atoms with Gasteiger partial charge >= 0.3 is 6.18 Å². The fourth-order valence-corrected chi connectivity index (χ4v) is 7.79. The minimum Gasteiger partial charge on any atom is -0.301 e. The summed E-state index contributed by atoms with van der Waals surface area (Å²) in [7, 11) is 0. The molecule has 3 aromatic heterocycles. The number of nitrogens with zero attached hydrogens (tertiary/aromatic N) is 5. The van der Waals surface area contributed by atoms with Crippen LogP contribution >= 0.6 is 23.1 Å². The molecule has 3 heterocycles. The molecule has 5 aromatic carbocycles. The number of aromatic nitrogens is 3. The second-order valence-corrected chi connectivity index (χ2v) is 13.1. The number of halogens is 3. The molecule has 0 saturated carbocycles. The van der Waals surface area contributed by atoms with Crippen LogP contribution in [-0.4, -0.2) is 13.7 Å². The largest absolute Gasteiger partial charge is 0.416 e. The third-order valence-corrected chi connectivity index (χ3v) is 10.2. The predicted octanol–water partition coefficient (Wildman–Crippen LogP) is 9.06. The van der Waals surface area contributed by atoms with Crippen LogP contribution in [0.3, 0.4) is 0 Å². The Morgan fingerprint density at radius 3 is 2.00 bits per heavy atom. The van der Waals surface area contributed by atoms with E-state index in [0.717, 1.165) is 67.0 Å². The van der Waals surface area contributed by atoms with Crippen LogP contribution in [0.25, 0.3) is 43.0 Å². The minimum atomic E-state index is -4.67. The van der Waals surface area contributed by atoms with Crippen molar-refractivity contribution in [2.75, 3.05) is 4.90 Å². The van der Waals surface area contributed by atoms with Crippen molar-refractivity contribution in [2.24, 2.45) is 4.99 Å². The van der Waals surface area contributed by atoms with Gasteiger partial charge in [-0.15, -0.1) is 11.3 Å². The van der Waals surface area contributed by atoms with Crippen molar-refractivity contribution in [3.05, 3.63) is 140 Å². The molecule has 0 spiro atoms. The second kappa shape index (κ2) is 11.5. The Balaban J connectivity index is 1.31. The number of alkyl halides is 3. The summed E-state index contributed by atoms with van der Waals surface area (Å²) in [5.41, 5.74) is 2.73. The van der Waals surface area contributed by atoms with Crippen molar-refractivity contribution in [1.82, 2.24) is 13.7 Å². The number of rotatable bonds is 5. The number of anilines is 3. The maximum absolute atomic E-state index is 13.3. The molecule has 49 heavy (non-hydrogen) atoms. The monoisotopic (exact) mass is 689 g/mol. The molecule has 0 unspecified atom stereocenters. The first-order valence-corrected chi connectivity index (χ1v) is 16.6. The number of hydrogen-bond acceptors (Lipinski definition) is 9. The molecule has 0 radical (unpaired) electrons. The lowest BCUT2D eigenvalue weighted by Gasteiger charge is -2.24. The Hall–Kier alpha value is -5.59. The first-order chi connectivity index (χ1) is 23.6. The van der Waals surface area contributed by atoms with Crippen LogP contribution in [0.5, 0.6) is 0 Å². The molecule has 0 aliphatic heterocycles. The Bertz CT molecular complexity index is 2680. The zero-order chi connectivity index (χ0) is 34.0. The van der Waals surface area contributed by atoms with Gasteiger partial charge in [0.2, 0.25) is 5.43 Å². The highest BCUT2D eigenvalue weighted by Crippen LogP contribution is 2.50. The van der Waals surface area contributed by atoms with Crippen molar-refractivity contribution in [3.8, 4) is 10.4 Å². The Labute approximate surface area is 283 Å². The average Bonchev–Trinajstić information content (AvgIpc) is 3.79. The standard InChI is InChI=1S/C37H22F3N5O2S2/c1-19-7-12-22(13-8-19)45(23-14-9-20(2)10-15-23)36-26-6-4-3-5-25(26)34(48-36)28-18-41-35(31-29(28)43-49-44-31)42-30-24-16-11-21(37(38,39)40)17-27(24)32(46)33(30)47/h3-18H,1-2H3. The summed E-state index contributed by atoms with van der Waals surface area (Å²) >= 11 is 2.53. The SMILES string of the molecule is Cc1ccc(N(c2ccc(C)cc2)c2sc(-c3cnc(N=c4c(=O)c(=O)c5cc(C(F)(F)F)ccc45)c4nsnc34)c3ccccc23)cc1. The molecule has 0 fully saturated rings. The first kappa shape index (κ1) is 30.7. The van der Waals surface area contributed by atoms with Gasteiger partial charge in [0.25, 0.3) is 5.43 Å². The molecule has 8 aromatic rings. The fourth-order valence-electron chi connectivity index (χ4n) is 5.90. The third kappa shape index (κ3) is 5.20. The lowest BCUT2D eigenvalue weighted by Crippen LogP contribution is -2.30. The lowest BCUT2D eigenvalue weighted by molar-refractivity contribution is -0.137. The molecule has 0 N–H and O–H groups in total. The highest BCUT2D eigenvalue weighted by Gasteiger charge is 2.31. The van der Waals surface area contributed by atoms with E-state index < -0.39 is 22.6 Å². The molecule has 12 heteroatoms. The van der Waals surface area contributed by atoms with Crippen molar-refractivity contribution in [1.29, 1.82) is 0 Å². The molecule has 0 atom stereocenters. The summed E-state index contributed by atoms with van der Waals surface area (Å²) < 4.78 is 49.0. The molecule has 0 aliphatic rings. The van der Waals surface area contributed by atoms with E-state index >= 15 is 0 Å². The summed E-state index contributed by atoms with van der Waals surface area (Å²) in [5.74, 6) is 0.0402. The van der Waals surface area contributed by atoms with Crippen LogP contribution in [0.15, 0.2) is 112 Å². The Morgan fingerprint density at radius 1 is 0.714 bits per heavy atom. The minimum absolute atomic E-state index is 0.0198. The molecule has 8 rings (SSSR count). The predicted molar refractivity (Wildman–Crippen MR) is 189 cm³/mol. The van der Waals surface area contributed by atoms with E-state index in [1.54, 1.807) is 17.5 Å². The normalized spacial score (nSPS) is 12.5. The fraction of sp³-hybridized carbons (Fsp3) is 0.0811. The third-order valence-electron chi connectivity index (χ3n) is 8.39. The van der Waals surface area contributed by atoms with E-state index in [9.17, 15) is 22.8 Å². The van der Waals surface area contributed by atoms with E-state index in [2.05, 4.69) is 92.1 Å². The number of aryl methyl sites for hydroxylation is 2. The highest BCUT2D eigenvalue weighted by atomic mass is 32.1. The molecule has 0 amide bonds. The van der Waals surface area contributed by atoms with Crippen LogP contribution in [0.2, 0.25) is 0 Å². The van der Waals surface area contributed by atoms with Crippen molar-refractivity contribution in [3.63, 3.8) is 0 Å². The molecule has 7 nitrogen and oxygen atoms in total. The number of hydrogen-bond donors (Lipinski definition) is 0. The maximum Gasteiger partial charge on any atom is 0.416 e. The molecule has 240 valence electrons. The van der Waals surface area contributed by atoms with Gasteiger partial charge < -0.3 is 4.90 Å². The smallest absolute Gasteiger partial charge is 0.301 e. The van der Waals surface area contributed by atoms with Crippen LogP contribution in [0, 0.1) is 13.8 Å². The summed E-state index contributed by atoms with van der Waals surface area (Å²) in [6.45, 7) is 4.10. The Kier molecular flexibility index (Phi) is 7.23. The van der Waals surface area contributed by atoms with Crippen LogP contribution < -0.4 is 21.1 Å². The van der Waals surface area contributed by atoms with Crippen LogP contribution in [0.4, 0.5) is 35.4 Å². The summed E-state index contributed by atoms with van der Waals surface area (Å²) in [6, 6.07) is 27.4. The summed E-state index contributed by atoms with van der Waals surface area (Å²) in [4.78, 5) is 37.7. The van der Waals surface area contributed by atoms with Gasteiger partial charge in [0, 0.05) is 49.6 Å². The van der Waals surface area contributed by atoms with Crippen molar-refractivity contribution < 1.29 is 13.2 Å². The summed E-state index contributed by atoms with van der Waals surface area (Å²) in [6.07, 6.45) is -3.06. The number of thiophene rings is 1. The highest BCUT2D eigenvalue weighted by molar-refractivity contribution is 7.21. The number of benzene rings is 4. The molecular weight excluding hydrogens is 668 g/mol. The van der Waals surface area contributed by atoms with Crippen molar-refractivity contribution in [2.45, 2.75) is 20.0 Å². The van der Waals surface area contributed by atoms with E-state index in [1.807, 2.05) is 18.2 Å². The van der Waals surface area contributed by atoms with E-state index in [-0.39, 0.29) is 21.9 Å². The average molecular weight is 690 g/mol. The molecule has 0 bridgehead atoms. The van der Waals surface area contributed by atoms with Crippen molar-refractivity contribution >= 4 is 77.8 Å². The van der Waals surface area contributed by atoms with Gasteiger partial charge in [-0.3, -0.25) is 9.59 Å². The number of pyridine rings is 1. The van der Waals surface area contributed by atoms with E-state index in [4.69, 9.17) is 0 Å².